The molecule has 1 aliphatic heterocycles. The molecule has 0 bridgehead atoms. The van der Waals surface area contributed by atoms with Gasteiger partial charge >= 0.3 is 6.03 Å². The molecule has 1 aliphatic rings. The van der Waals surface area contributed by atoms with Crippen LogP contribution in [0.3, 0.4) is 0 Å². The van der Waals surface area contributed by atoms with Crippen molar-refractivity contribution in [2.24, 2.45) is 0 Å². The molecule has 2 aromatic heterocycles. The molecule has 7 nitrogen and oxygen atoms in total. The van der Waals surface area contributed by atoms with E-state index in [-0.39, 0.29) is 18.0 Å². The maximum absolute atomic E-state index is 12.4. The Morgan fingerprint density at radius 1 is 1.20 bits per heavy atom. The average molecular weight is 359 g/mol. The molecular formula is C17H21N5O2S. The smallest absolute Gasteiger partial charge is 0.317 e. The van der Waals surface area contributed by atoms with Crippen molar-refractivity contribution in [2.45, 2.75) is 32.7 Å². The van der Waals surface area contributed by atoms with Crippen molar-refractivity contribution in [3.8, 4) is 0 Å². The number of thiazole rings is 1. The highest BCUT2D eigenvalue weighted by Gasteiger charge is 2.23. The molecule has 3 rings (SSSR count). The van der Waals surface area contributed by atoms with Gasteiger partial charge in [-0.05, 0) is 26.0 Å². The van der Waals surface area contributed by atoms with Gasteiger partial charge in [-0.1, -0.05) is 0 Å². The number of pyridine rings is 1. The summed E-state index contributed by atoms with van der Waals surface area (Å²) < 4.78 is 0. The van der Waals surface area contributed by atoms with E-state index in [0.29, 0.717) is 30.2 Å². The lowest BCUT2D eigenvalue weighted by Crippen LogP contribution is -2.44. The molecule has 2 N–H and O–H groups in total. The van der Waals surface area contributed by atoms with Gasteiger partial charge in [0, 0.05) is 54.9 Å². The molecule has 0 atom stereocenters. The van der Waals surface area contributed by atoms with Crippen LogP contribution in [0.5, 0.6) is 0 Å². The molecule has 132 valence electrons. The van der Waals surface area contributed by atoms with Crippen LogP contribution >= 0.6 is 11.3 Å². The van der Waals surface area contributed by atoms with Crippen molar-refractivity contribution in [3.05, 3.63) is 40.1 Å². The molecule has 3 heterocycles. The standard InChI is InChI=1S/C17H21N5O2S/c1-11(2)19-17(24)22-9-5-13-14(6-10-22)25-16(21-13)15(23)20-12-3-7-18-8-4-12/h3-4,7-8,11H,5-6,9-10H2,1-2H3,(H,19,24)(H,18,20,23). The van der Waals surface area contributed by atoms with Crippen LogP contribution in [-0.2, 0) is 12.8 Å². The summed E-state index contributed by atoms with van der Waals surface area (Å²) in [5, 5.41) is 6.20. The first-order chi connectivity index (χ1) is 12.0. The Balaban J connectivity index is 1.64. The maximum atomic E-state index is 12.4. The van der Waals surface area contributed by atoms with Gasteiger partial charge in [0.2, 0.25) is 0 Å². The van der Waals surface area contributed by atoms with Crippen LogP contribution in [0.15, 0.2) is 24.5 Å². The highest BCUT2D eigenvalue weighted by atomic mass is 32.1. The van der Waals surface area contributed by atoms with E-state index in [1.807, 2.05) is 18.7 Å². The predicted molar refractivity (Wildman–Crippen MR) is 97.0 cm³/mol. The number of anilines is 1. The summed E-state index contributed by atoms with van der Waals surface area (Å²) in [5.41, 5.74) is 1.62. The number of hydrogen-bond acceptors (Lipinski definition) is 5. The molecule has 0 unspecified atom stereocenters. The average Bonchev–Trinajstić information content (AvgIpc) is 2.88. The van der Waals surface area contributed by atoms with E-state index in [9.17, 15) is 9.59 Å². The fraction of sp³-hybridized carbons (Fsp3) is 0.412. The van der Waals surface area contributed by atoms with Gasteiger partial charge in [0.25, 0.3) is 5.91 Å². The van der Waals surface area contributed by atoms with Crippen LogP contribution in [-0.4, -0.2) is 45.9 Å². The van der Waals surface area contributed by atoms with E-state index < -0.39 is 0 Å². The van der Waals surface area contributed by atoms with Crippen molar-refractivity contribution in [2.75, 3.05) is 18.4 Å². The van der Waals surface area contributed by atoms with Gasteiger partial charge in [0.15, 0.2) is 5.01 Å². The van der Waals surface area contributed by atoms with Gasteiger partial charge < -0.3 is 15.5 Å². The van der Waals surface area contributed by atoms with E-state index in [4.69, 9.17) is 0 Å². The van der Waals surface area contributed by atoms with Crippen LogP contribution in [0.2, 0.25) is 0 Å². The SMILES string of the molecule is CC(C)NC(=O)N1CCc2nc(C(=O)Nc3ccncc3)sc2CC1. The summed E-state index contributed by atoms with van der Waals surface area (Å²) in [5.74, 6) is -0.210. The van der Waals surface area contributed by atoms with E-state index in [0.717, 1.165) is 17.0 Å². The van der Waals surface area contributed by atoms with Crippen molar-refractivity contribution in [1.29, 1.82) is 0 Å². The first-order valence-corrected chi connectivity index (χ1v) is 9.10. The number of aromatic nitrogens is 2. The zero-order chi connectivity index (χ0) is 17.8. The van der Waals surface area contributed by atoms with Gasteiger partial charge in [-0.2, -0.15) is 0 Å². The topological polar surface area (TPSA) is 87.2 Å². The second-order valence-electron chi connectivity index (χ2n) is 6.17. The van der Waals surface area contributed by atoms with Crippen LogP contribution in [0.1, 0.15) is 34.2 Å². The largest absolute Gasteiger partial charge is 0.336 e. The van der Waals surface area contributed by atoms with E-state index in [2.05, 4.69) is 20.6 Å². The first kappa shape index (κ1) is 17.3. The minimum absolute atomic E-state index is 0.0409. The Hall–Kier alpha value is -2.48. The number of fused-ring (bicyclic) bond motifs is 1. The van der Waals surface area contributed by atoms with Gasteiger partial charge in [0.1, 0.15) is 0 Å². The Bertz CT molecular complexity index is 734. The van der Waals surface area contributed by atoms with Crippen LogP contribution in [0.25, 0.3) is 0 Å². The van der Waals surface area contributed by atoms with Gasteiger partial charge in [-0.3, -0.25) is 9.78 Å². The van der Waals surface area contributed by atoms with E-state index in [1.54, 1.807) is 24.5 Å². The minimum atomic E-state index is -0.210. The molecule has 0 saturated carbocycles. The highest BCUT2D eigenvalue weighted by Crippen LogP contribution is 2.24. The number of hydrogen-bond donors (Lipinski definition) is 2. The quantitative estimate of drug-likeness (QED) is 0.880. The lowest BCUT2D eigenvalue weighted by molar-refractivity contribution is 0.102. The molecule has 2 aromatic rings. The number of amides is 3. The Morgan fingerprint density at radius 2 is 1.92 bits per heavy atom. The third-order valence-electron chi connectivity index (χ3n) is 3.84. The number of nitrogens with one attached hydrogen (secondary N) is 2. The molecule has 0 radical (unpaired) electrons. The van der Waals surface area contributed by atoms with Crippen molar-refractivity contribution >= 4 is 29.0 Å². The number of nitrogens with zero attached hydrogens (tertiary/aromatic N) is 3. The molecular weight excluding hydrogens is 338 g/mol. The summed E-state index contributed by atoms with van der Waals surface area (Å²) >= 11 is 1.41. The van der Waals surface area contributed by atoms with Gasteiger partial charge in [-0.15, -0.1) is 11.3 Å². The number of urea groups is 1. The predicted octanol–water partition coefficient (Wildman–Crippen LogP) is 2.31. The molecule has 8 heteroatoms. The summed E-state index contributed by atoms with van der Waals surface area (Å²) in [6.45, 7) is 5.14. The zero-order valence-corrected chi connectivity index (χ0v) is 15.1. The fourth-order valence-electron chi connectivity index (χ4n) is 2.62. The summed E-state index contributed by atoms with van der Waals surface area (Å²) in [6.07, 6.45) is 4.65. The Kier molecular flexibility index (Phi) is 5.28. The highest BCUT2D eigenvalue weighted by molar-refractivity contribution is 7.13. The van der Waals surface area contributed by atoms with Crippen LogP contribution < -0.4 is 10.6 Å². The molecule has 0 aliphatic carbocycles. The molecule has 0 saturated heterocycles. The van der Waals surface area contributed by atoms with Crippen molar-refractivity contribution < 1.29 is 9.59 Å². The van der Waals surface area contributed by atoms with Crippen molar-refractivity contribution in [1.82, 2.24) is 20.2 Å². The third-order valence-corrected chi connectivity index (χ3v) is 4.99. The molecule has 0 spiro atoms. The number of rotatable bonds is 3. The molecule has 25 heavy (non-hydrogen) atoms. The second-order valence-corrected chi connectivity index (χ2v) is 7.25. The Morgan fingerprint density at radius 3 is 2.64 bits per heavy atom. The summed E-state index contributed by atoms with van der Waals surface area (Å²) in [6, 6.07) is 3.55. The Labute approximate surface area is 150 Å². The first-order valence-electron chi connectivity index (χ1n) is 8.28. The number of carbonyl (C=O) groups excluding carboxylic acids is 2. The molecule has 0 fully saturated rings. The second kappa shape index (κ2) is 7.60. The lowest BCUT2D eigenvalue weighted by atomic mass is 10.2. The monoisotopic (exact) mass is 359 g/mol. The zero-order valence-electron chi connectivity index (χ0n) is 14.3. The van der Waals surface area contributed by atoms with Gasteiger partial charge in [0.05, 0.1) is 5.69 Å². The van der Waals surface area contributed by atoms with Crippen LogP contribution in [0, 0.1) is 0 Å². The van der Waals surface area contributed by atoms with E-state index in [1.165, 1.54) is 11.3 Å². The maximum Gasteiger partial charge on any atom is 0.317 e. The van der Waals surface area contributed by atoms with Gasteiger partial charge in [-0.25, -0.2) is 9.78 Å². The van der Waals surface area contributed by atoms with E-state index >= 15 is 0 Å². The lowest BCUT2D eigenvalue weighted by Gasteiger charge is -2.22. The van der Waals surface area contributed by atoms with Crippen molar-refractivity contribution in [3.63, 3.8) is 0 Å². The molecule has 0 aromatic carbocycles. The third kappa shape index (κ3) is 4.33. The fourth-order valence-corrected chi connectivity index (χ4v) is 3.61. The molecule has 3 amide bonds. The minimum Gasteiger partial charge on any atom is -0.336 e. The summed E-state index contributed by atoms with van der Waals surface area (Å²) in [7, 11) is 0. The van der Waals surface area contributed by atoms with Crippen LogP contribution in [0.4, 0.5) is 10.5 Å². The summed E-state index contributed by atoms with van der Waals surface area (Å²) in [4.78, 5) is 35.8. The number of carbonyl (C=O) groups is 2. The normalized spacial score (nSPS) is 14.0.